The zero-order valence-corrected chi connectivity index (χ0v) is 24.4. The molecule has 6 nitrogen and oxygen atoms in total. The van der Waals surface area contributed by atoms with Crippen molar-refractivity contribution in [2.75, 3.05) is 0 Å². The molecule has 0 unspecified atom stereocenters. The summed E-state index contributed by atoms with van der Waals surface area (Å²) in [5.74, 6) is 0. The van der Waals surface area contributed by atoms with Crippen LogP contribution in [-0.4, -0.2) is 27.9 Å². The maximum absolute atomic E-state index is 12.4. The van der Waals surface area contributed by atoms with E-state index in [1.54, 1.807) is 24.3 Å². The highest BCUT2D eigenvalue weighted by Gasteiger charge is 2.42. The molecule has 1 heterocycles. The predicted molar refractivity (Wildman–Crippen MR) is 142 cm³/mol. The minimum atomic E-state index is -3.73. The summed E-state index contributed by atoms with van der Waals surface area (Å²) in [7, 11) is -5.76. The Morgan fingerprint density at radius 2 is 1.64 bits per heavy atom. The molecule has 0 aliphatic carbocycles. The monoisotopic (exact) mass is 553 g/mol. The minimum absolute atomic E-state index is 0.0783. The van der Waals surface area contributed by atoms with Gasteiger partial charge in [0.1, 0.15) is 4.60 Å². The normalized spacial score (nSPS) is 14.5. The summed E-state index contributed by atoms with van der Waals surface area (Å²) in [6, 6.07) is 10.4. The van der Waals surface area contributed by atoms with Crippen LogP contribution in [0.25, 0.3) is 0 Å². The lowest BCUT2D eigenvalue weighted by molar-refractivity contribution is 0.0688. The number of nitrogens with one attached hydrogen (secondary N) is 1. The summed E-state index contributed by atoms with van der Waals surface area (Å²) in [6.45, 7) is 19.5. The fraction of sp³-hybridized carbons (Fsp3) is 0.500. The first-order valence-electron chi connectivity index (χ1n) is 10.9. The van der Waals surface area contributed by atoms with Crippen LogP contribution in [0.1, 0.15) is 64.5 Å². The third-order valence-corrected chi connectivity index (χ3v) is 12.2. The van der Waals surface area contributed by atoms with Gasteiger partial charge in [-0.15, -0.1) is 0 Å². The van der Waals surface area contributed by atoms with Crippen molar-refractivity contribution in [2.24, 2.45) is 10.5 Å². The lowest BCUT2D eigenvalue weighted by Crippen LogP contribution is -2.44. The quantitative estimate of drug-likeness (QED) is 0.182. The van der Waals surface area contributed by atoms with E-state index in [2.05, 4.69) is 80.5 Å². The van der Waals surface area contributed by atoms with E-state index in [1.807, 2.05) is 19.1 Å². The van der Waals surface area contributed by atoms with Crippen molar-refractivity contribution in [2.45, 2.75) is 77.6 Å². The number of rotatable bonds is 7. The van der Waals surface area contributed by atoms with Gasteiger partial charge in [0.2, 0.25) is 0 Å². The molecule has 0 fully saturated rings. The topological polar surface area (TPSA) is 80.7 Å². The lowest BCUT2D eigenvalue weighted by Gasteiger charge is -2.43. The Morgan fingerprint density at radius 1 is 1.06 bits per heavy atom. The minimum Gasteiger partial charge on any atom is -0.408 e. The summed E-state index contributed by atoms with van der Waals surface area (Å²) in [4.78, 5) is 7.15. The number of hydrogen-bond donors (Lipinski definition) is 1. The molecule has 0 saturated heterocycles. The number of hydrogen-bond acceptors (Lipinski definition) is 5. The molecule has 1 aromatic carbocycles. The van der Waals surface area contributed by atoms with Crippen molar-refractivity contribution in [3.63, 3.8) is 0 Å². The molecule has 0 spiro atoms. The summed E-state index contributed by atoms with van der Waals surface area (Å²) < 4.78 is 32.2. The maximum Gasteiger partial charge on any atom is 0.276 e. The predicted octanol–water partition coefficient (Wildman–Crippen LogP) is 6.57. The number of hydrazone groups is 1. The number of halogens is 1. The number of aromatic nitrogens is 1. The number of benzene rings is 1. The zero-order valence-electron chi connectivity index (χ0n) is 21.0. The SMILES string of the molecule is Cc1ccc(S(=O)(=O)N/N=C\c2ccc([C@H](O[Si](C)(C)C(C)(C)C)C(C)(C)C)nc2Br)cc1. The molecule has 0 aliphatic heterocycles. The molecule has 1 aromatic heterocycles. The first kappa shape index (κ1) is 27.7. The molecule has 1 atom stereocenters. The molecule has 33 heavy (non-hydrogen) atoms. The lowest BCUT2D eigenvalue weighted by atomic mass is 9.87. The highest BCUT2D eigenvalue weighted by molar-refractivity contribution is 9.10. The molecule has 2 rings (SSSR count). The molecule has 0 radical (unpaired) electrons. The number of sulfonamides is 1. The van der Waals surface area contributed by atoms with Crippen LogP contribution >= 0.6 is 15.9 Å². The van der Waals surface area contributed by atoms with Crippen molar-refractivity contribution in [3.05, 3.63) is 57.8 Å². The third-order valence-electron chi connectivity index (χ3n) is 5.88. The molecule has 182 valence electrons. The van der Waals surface area contributed by atoms with E-state index in [0.29, 0.717) is 10.2 Å². The van der Waals surface area contributed by atoms with Gasteiger partial charge in [-0.1, -0.05) is 59.2 Å². The van der Waals surface area contributed by atoms with Crippen LogP contribution < -0.4 is 4.83 Å². The average Bonchev–Trinajstić information content (AvgIpc) is 2.66. The van der Waals surface area contributed by atoms with Crippen molar-refractivity contribution < 1.29 is 12.8 Å². The summed E-state index contributed by atoms with van der Waals surface area (Å²) in [6.07, 6.45) is 1.26. The number of nitrogens with zero attached hydrogens (tertiary/aromatic N) is 2. The first-order valence-corrected chi connectivity index (χ1v) is 16.1. The molecule has 2 aromatic rings. The van der Waals surface area contributed by atoms with Crippen molar-refractivity contribution >= 4 is 40.5 Å². The van der Waals surface area contributed by atoms with Crippen LogP contribution in [0, 0.1) is 12.3 Å². The molecular weight excluding hydrogens is 518 g/mol. The maximum atomic E-state index is 12.4. The van der Waals surface area contributed by atoms with Gasteiger partial charge in [-0.3, -0.25) is 0 Å². The van der Waals surface area contributed by atoms with Gasteiger partial charge in [0.05, 0.1) is 22.9 Å². The van der Waals surface area contributed by atoms with E-state index in [0.717, 1.165) is 11.3 Å². The zero-order chi connectivity index (χ0) is 25.2. The Hall–Kier alpha value is -1.55. The van der Waals surface area contributed by atoms with E-state index in [4.69, 9.17) is 9.41 Å². The number of pyridine rings is 1. The summed E-state index contributed by atoms with van der Waals surface area (Å²) >= 11 is 3.51. The van der Waals surface area contributed by atoms with E-state index < -0.39 is 18.3 Å². The van der Waals surface area contributed by atoms with Crippen molar-refractivity contribution in [3.8, 4) is 0 Å². The van der Waals surface area contributed by atoms with Gasteiger partial charge >= 0.3 is 0 Å². The Labute approximate surface area is 208 Å². The number of aryl methyl sites for hydroxylation is 1. The van der Waals surface area contributed by atoms with E-state index in [-0.39, 0.29) is 21.5 Å². The molecule has 0 aliphatic rings. The van der Waals surface area contributed by atoms with E-state index in [9.17, 15) is 8.42 Å². The Bertz CT molecular complexity index is 1100. The molecule has 1 N–H and O–H groups in total. The second kappa shape index (κ2) is 9.97. The van der Waals surface area contributed by atoms with E-state index in [1.165, 1.54) is 6.21 Å². The second-order valence-corrected chi connectivity index (χ2v) is 18.1. The van der Waals surface area contributed by atoms with Gasteiger partial charge in [-0.05, 0) is 70.7 Å². The Balaban J connectivity index is 2.26. The Morgan fingerprint density at radius 3 is 2.12 bits per heavy atom. The smallest absolute Gasteiger partial charge is 0.276 e. The summed E-state index contributed by atoms with van der Waals surface area (Å²) in [5, 5.41) is 4.01. The van der Waals surface area contributed by atoms with Gasteiger partial charge in [-0.2, -0.15) is 13.5 Å². The fourth-order valence-corrected chi connectivity index (χ4v) is 5.44. The van der Waals surface area contributed by atoms with Crippen molar-refractivity contribution in [1.29, 1.82) is 0 Å². The molecule has 0 saturated carbocycles. The van der Waals surface area contributed by atoms with Gasteiger partial charge in [0, 0.05) is 5.56 Å². The highest BCUT2D eigenvalue weighted by atomic mass is 79.9. The van der Waals surface area contributed by atoms with E-state index >= 15 is 0 Å². The fourth-order valence-electron chi connectivity index (χ4n) is 2.79. The second-order valence-electron chi connectivity index (χ2n) is 10.9. The first-order chi connectivity index (χ1) is 14.9. The van der Waals surface area contributed by atoms with Crippen LogP contribution in [0.5, 0.6) is 0 Å². The molecule has 0 bridgehead atoms. The standard InChI is InChI=1S/C24H36BrN3O3SSi/c1-17-10-13-19(14-11-17)32(29,30)28-26-16-18-12-15-20(27-22(18)25)21(23(2,3)4)31-33(8,9)24(5,6)7/h10-16,21,28H,1-9H3/b26-16-/t21-/m0/s1. The van der Waals surface area contributed by atoms with Gasteiger partial charge in [0.25, 0.3) is 10.0 Å². The van der Waals surface area contributed by atoms with Gasteiger partial charge in [0.15, 0.2) is 8.32 Å². The molecule has 0 amide bonds. The summed E-state index contributed by atoms with van der Waals surface area (Å²) in [5.41, 5.74) is 2.32. The van der Waals surface area contributed by atoms with Crippen LogP contribution in [0.4, 0.5) is 0 Å². The third kappa shape index (κ3) is 7.21. The van der Waals surface area contributed by atoms with Crippen LogP contribution in [0.3, 0.4) is 0 Å². The highest BCUT2D eigenvalue weighted by Crippen LogP contribution is 2.44. The Kier molecular flexibility index (Phi) is 8.37. The molecular formula is C24H36BrN3O3SSi. The largest absolute Gasteiger partial charge is 0.408 e. The van der Waals surface area contributed by atoms with Crippen LogP contribution in [0.15, 0.2) is 51.0 Å². The van der Waals surface area contributed by atoms with Crippen LogP contribution in [0.2, 0.25) is 18.1 Å². The van der Waals surface area contributed by atoms with Gasteiger partial charge < -0.3 is 4.43 Å². The molecule has 9 heteroatoms. The van der Waals surface area contributed by atoms with Crippen LogP contribution in [-0.2, 0) is 14.4 Å². The average molecular weight is 555 g/mol. The van der Waals surface area contributed by atoms with Crippen molar-refractivity contribution in [1.82, 2.24) is 9.82 Å². The van der Waals surface area contributed by atoms with Gasteiger partial charge in [-0.25, -0.2) is 9.82 Å².